The van der Waals surface area contributed by atoms with E-state index in [0.29, 0.717) is 0 Å². The van der Waals surface area contributed by atoms with Crippen molar-refractivity contribution in [1.82, 2.24) is 14.8 Å². The smallest absolute Gasteiger partial charge is 0.265 e. The molecule has 0 spiro atoms. The fourth-order valence-electron chi connectivity index (χ4n) is 3.43. The van der Waals surface area contributed by atoms with E-state index in [-0.39, 0.29) is 17.2 Å². The van der Waals surface area contributed by atoms with Gasteiger partial charge < -0.3 is 4.57 Å². The second kappa shape index (κ2) is 7.56. The van der Waals surface area contributed by atoms with E-state index in [0.717, 1.165) is 22.6 Å². The molecule has 2 aromatic rings. The Bertz CT molecular complexity index is 1050. The van der Waals surface area contributed by atoms with Crippen LogP contribution in [0.3, 0.4) is 0 Å². The van der Waals surface area contributed by atoms with E-state index in [9.17, 15) is 9.59 Å². The van der Waals surface area contributed by atoms with Crippen LogP contribution in [0, 0.1) is 27.7 Å². The summed E-state index contributed by atoms with van der Waals surface area (Å²) in [6.07, 6.45) is 3.21. The first-order valence-electron chi connectivity index (χ1n) is 9.01. The van der Waals surface area contributed by atoms with E-state index < -0.39 is 11.8 Å². The van der Waals surface area contributed by atoms with Crippen LogP contribution in [0.1, 0.15) is 28.1 Å². The van der Waals surface area contributed by atoms with Gasteiger partial charge in [0.15, 0.2) is 5.11 Å². The van der Waals surface area contributed by atoms with Gasteiger partial charge in [-0.05, 0) is 74.8 Å². The van der Waals surface area contributed by atoms with E-state index in [1.165, 1.54) is 16.0 Å². The number of hydrogen-bond acceptors (Lipinski definition) is 3. The maximum atomic E-state index is 12.8. The molecule has 0 radical (unpaired) electrons. The number of nitrogens with one attached hydrogen (secondary N) is 1. The lowest BCUT2D eigenvalue weighted by Crippen LogP contribution is -2.53. The van der Waals surface area contributed by atoms with Gasteiger partial charge in [0, 0.05) is 23.6 Å². The Morgan fingerprint density at radius 1 is 1.18 bits per heavy atom. The number of carbonyl (C=O) groups excluding carboxylic acids is 2. The van der Waals surface area contributed by atoms with E-state index in [1.54, 1.807) is 12.2 Å². The summed E-state index contributed by atoms with van der Waals surface area (Å²) in [5.74, 6) is -0.892. The quantitative estimate of drug-likeness (QED) is 0.374. The van der Waals surface area contributed by atoms with Crippen LogP contribution >= 0.6 is 12.2 Å². The summed E-state index contributed by atoms with van der Waals surface area (Å²) in [5.41, 5.74) is 6.37. The average molecular weight is 394 g/mol. The molecule has 0 aliphatic carbocycles. The van der Waals surface area contributed by atoms with Crippen LogP contribution in [0.2, 0.25) is 0 Å². The monoisotopic (exact) mass is 393 g/mol. The molecular formula is C22H23N3O2S. The highest BCUT2D eigenvalue weighted by Gasteiger charge is 2.32. The van der Waals surface area contributed by atoms with Crippen molar-refractivity contribution in [2.24, 2.45) is 0 Å². The van der Waals surface area contributed by atoms with Crippen molar-refractivity contribution in [3.8, 4) is 5.69 Å². The number of hydrogen-bond donors (Lipinski definition) is 1. The zero-order chi connectivity index (χ0) is 20.6. The molecule has 144 valence electrons. The van der Waals surface area contributed by atoms with Crippen LogP contribution in [0.5, 0.6) is 0 Å². The van der Waals surface area contributed by atoms with Gasteiger partial charge in [-0.15, -0.1) is 6.58 Å². The van der Waals surface area contributed by atoms with Crippen LogP contribution in [0.4, 0.5) is 0 Å². The molecule has 2 heterocycles. The molecule has 3 rings (SSSR count). The van der Waals surface area contributed by atoms with Crippen LogP contribution in [-0.4, -0.2) is 32.9 Å². The third-order valence-electron chi connectivity index (χ3n) is 5.08. The SMILES string of the molecule is C=CCN1C(=O)/C(=C/c2cc(C)n(-c3cccc(C)c3C)c2C)C(=O)NC1=S. The van der Waals surface area contributed by atoms with Gasteiger partial charge in [0.1, 0.15) is 5.57 Å². The predicted molar refractivity (Wildman–Crippen MR) is 115 cm³/mol. The number of benzene rings is 1. The molecule has 0 bridgehead atoms. The first-order valence-corrected chi connectivity index (χ1v) is 9.42. The van der Waals surface area contributed by atoms with Gasteiger partial charge >= 0.3 is 0 Å². The highest BCUT2D eigenvalue weighted by atomic mass is 32.1. The average Bonchev–Trinajstić information content (AvgIpc) is 2.91. The molecule has 1 saturated heterocycles. The Morgan fingerprint density at radius 2 is 1.89 bits per heavy atom. The van der Waals surface area contributed by atoms with E-state index in [1.807, 2.05) is 26.0 Å². The lowest BCUT2D eigenvalue weighted by Gasteiger charge is -2.27. The summed E-state index contributed by atoms with van der Waals surface area (Å²) < 4.78 is 2.14. The Labute approximate surface area is 170 Å². The highest BCUT2D eigenvalue weighted by molar-refractivity contribution is 7.80. The maximum Gasteiger partial charge on any atom is 0.265 e. The second-order valence-corrected chi connectivity index (χ2v) is 7.29. The molecule has 1 aliphatic rings. The number of nitrogens with zero attached hydrogens (tertiary/aromatic N) is 2. The number of carbonyl (C=O) groups is 2. The molecule has 1 aliphatic heterocycles. The highest BCUT2D eigenvalue weighted by Crippen LogP contribution is 2.27. The molecule has 6 heteroatoms. The van der Waals surface area contributed by atoms with Crippen molar-refractivity contribution in [3.05, 3.63) is 70.6 Å². The lowest BCUT2D eigenvalue weighted by atomic mass is 10.1. The zero-order valence-electron chi connectivity index (χ0n) is 16.5. The Morgan fingerprint density at radius 3 is 2.57 bits per heavy atom. The predicted octanol–water partition coefficient (Wildman–Crippen LogP) is 3.52. The van der Waals surface area contributed by atoms with Gasteiger partial charge in [0.2, 0.25) is 0 Å². The third kappa shape index (κ3) is 3.31. The summed E-state index contributed by atoms with van der Waals surface area (Å²) in [4.78, 5) is 26.5. The summed E-state index contributed by atoms with van der Waals surface area (Å²) in [6, 6.07) is 8.16. The second-order valence-electron chi connectivity index (χ2n) is 6.90. The van der Waals surface area contributed by atoms with Crippen LogP contribution < -0.4 is 5.32 Å². The van der Waals surface area contributed by atoms with Crippen molar-refractivity contribution in [2.45, 2.75) is 27.7 Å². The molecular weight excluding hydrogens is 370 g/mol. The summed E-state index contributed by atoms with van der Waals surface area (Å²) in [7, 11) is 0. The lowest BCUT2D eigenvalue weighted by molar-refractivity contribution is -0.128. The standard InChI is InChI=1S/C22H23N3O2S/c1-6-10-24-21(27)18(20(26)23-22(24)28)12-17-11-14(3)25(16(17)5)19-9-7-8-13(2)15(19)4/h6-9,11-12H,1,10H2,2-5H3,(H,23,26,28)/b18-12+. The number of rotatable bonds is 4. The van der Waals surface area contributed by atoms with Gasteiger partial charge in [-0.2, -0.15) is 0 Å². The molecule has 1 N–H and O–H groups in total. The van der Waals surface area contributed by atoms with Crippen molar-refractivity contribution in [1.29, 1.82) is 0 Å². The van der Waals surface area contributed by atoms with Crippen molar-refractivity contribution < 1.29 is 9.59 Å². The van der Waals surface area contributed by atoms with Crippen molar-refractivity contribution >= 4 is 35.2 Å². The minimum atomic E-state index is -0.480. The van der Waals surface area contributed by atoms with Gasteiger partial charge in [0.05, 0.1) is 0 Å². The normalized spacial score (nSPS) is 15.9. The molecule has 0 atom stereocenters. The van der Waals surface area contributed by atoms with Gasteiger partial charge in [0.25, 0.3) is 11.8 Å². The largest absolute Gasteiger partial charge is 0.318 e. The topological polar surface area (TPSA) is 54.3 Å². The number of aryl methyl sites for hydroxylation is 2. The van der Waals surface area contributed by atoms with E-state index >= 15 is 0 Å². The third-order valence-corrected chi connectivity index (χ3v) is 5.41. The first-order chi connectivity index (χ1) is 13.3. The summed E-state index contributed by atoms with van der Waals surface area (Å²) >= 11 is 5.10. The fourth-order valence-corrected chi connectivity index (χ4v) is 3.68. The van der Waals surface area contributed by atoms with E-state index in [4.69, 9.17) is 12.2 Å². The van der Waals surface area contributed by atoms with Crippen molar-refractivity contribution in [2.75, 3.05) is 6.54 Å². The molecule has 28 heavy (non-hydrogen) atoms. The molecule has 1 aromatic carbocycles. The van der Waals surface area contributed by atoms with Crippen LogP contribution in [-0.2, 0) is 9.59 Å². The zero-order valence-corrected chi connectivity index (χ0v) is 17.3. The van der Waals surface area contributed by atoms with Crippen LogP contribution in [0.15, 0.2) is 42.5 Å². The molecule has 0 saturated carbocycles. The number of aromatic nitrogens is 1. The molecule has 1 fully saturated rings. The first kappa shape index (κ1) is 19.8. The molecule has 2 amide bonds. The van der Waals surface area contributed by atoms with E-state index in [2.05, 4.69) is 42.4 Å². The summed E-state index contributed by atoms with van der Waals surface area (Å²) in [6.45, 7) is 12.1. The molecule has 1 aromatic heterocycles. The fraction of sp³-hybridized carbons (Fsp3) is 0.227. The van der Waals surface area contributed by atoms with Crippen molar-refractivity contribution in [3.63, 3.8) is 0 Å². The Hall–Kier alpha value is -2.99. The molecule has 5 nitrogen and oxygen atoms in total. The number of thiocarbonyl (C=S) groups is 1. The minimum Gasteiger partial charge on any atom is -0.318 e. The van der Waals surface area contributed by atoms with Gasteiger partial charge in [-0.25, -0.2) is 0 Å². The molecule has 0 unspecified atom stereocenters. The number of amides is 2. The maximum absolute atomic E-state index is 12.8. The minimum absolute atomic E-state index is 0.0664. The Kier molecular flexibility index (Phi) is 5.34. The van der Waals surface area contributed by atoms with Crippen LogP contribution in [0.25, 0.3) is 11.8 Å². The summed E-state index contributed by atoms with van der Waals surface area (Å²) in [5, 5.41) is 2.68. The van der Waals surface area contributed by atoms with Gasteiger partial charge in [-0.1, -0.05) is 18.2 Å². The van der Waals surface area contributed by atoms with Gasteiger partial charge in [-0.3, -0.25) is 19.8 Å². The Balaban J connectivity index is 2.09.